The van der Waals surface area contributed by atoms with Gasteiger partial charge in [0.15, 0.2) is 0 Å². The molecule has 4 heteroatoms. The van der Waals surface area contributed by atoms with E-state index in [0.29, 0.717) is 0 Å². The van der Waals surface area contributed by atoms with Crippen molar-refractivity contribution in [2.75, 3.05) is 7.11 Å². The molecule has 0 saturated carbocycles. The summed E-state index contributed by atoms with van der Waals surface area (Å²) in [4.78, 5) is 11.0. The lowest BCUT2D eigenvalue weighted by atomic mass is 10.1. The van der Waals surface area contributed by atoms with Crippen molar-refractivity contribution < 1.29 is 9.53 Å². The van der Waals surface area contributed by atoms with Crippen molar-refractivity contribution >= 4 is 21.9 Å². The van der Waals surface area contributed by atoms with Gasteiger partial charge in [0.1, 0.15) is 6.04 Å². The molecular weight excluding hydrogens is 234 g/mol. The van der Waals surface area contributed by atoms with E-state index < -0.39 is 12.0 Å². The average Bonchev–Trinajstić information content (AvgIpc) is 2.17. The lowest BCUT2D eigenvalue weighted by Crippen LogP contribution is -2.22. The summed E-state index contributed by atoms with van der Waals surface area (Å²) in [6, 6.07) is 6.53. The molecule has 0 fully saturated rings. The van der Waals surface area contributed by atoms with Crippen molar-refractivity contribution in [1.29, 1.82) is 0 Å². The van der Waals surface area contributed by atoms with Crippen LogP contribution < -0.4 is 5.73 Å². The minimum atomic E-state index is -0.696. The maximum absolute atomic E-state index is 11.0. The Morgan fingerprint density at radius 1 is 1.46 bits per heavy atom. The van der Waals surface area contributed by atoms with Crippen LogP contribution in [0.3, 0.4) is 0 Å². The predicted octanol–water partition coefficient (Wildman–Crippen LogP) is 1.62. The molecule has 0 aliphatic carbocycles. The van der Waals surface area contributed by atoms with E-state index in [0.717, 1.165) is 10.0 Å². The van der Waals surface area contributed by atoms with Crippen LogP contribution in [0.5, 0.6) is 0 Å². The molecule has 1 aromatic rings. The second-order valence-corrected chi connectivity index (χ2v) is 3.47. The summed E-state index contributed by atoms with van der Waals surface area (Å²) in [5, 5.41) is 0. The van der Waals surface area contributed by atoms with E-state index >= 15 is 0 Å². The highest BCUT2D eigenvalue weighted by atomic mass is 79.9. The van der Waals surface area contributed by atoms with E-state index in [4.69, 9.17) is 5.73 Å². The number of hydrogen-bond donors (Lipinski definition) is 1. The van der Waals surface area contributed by atoms with Gasteiger partial charge in [-0.15, -0.1) is 0 Å². The van der Waals surface area contributed by atoms with Crippen molar-refractivity contribution in [3.8, 4) is 0 Å². The monoisotopic (exact) mass is 243 g/mol. The SMILES string of the molecule is COC(=O)[C@@H](N)c1ccc(Br)cc1. The number of nitrogens with two attached hydrogens (primary N) is 1. The average molecular weight is 244 g/mol. The van der Waals surface area contributed by atoms with Crippen molar-refractivity contribution in [3.63, 3.8) is 0 Å². The molecule has 3 nitrogen and oxygen atoms in total. The summed E-state index contributed by atoms with van der Waals surface area (Å²) in [7, 11) is 1.32. The summed E-state index contributed by atoms with van der Waals surface area (Å²) >= 11 is 3.29. The standard InChI is InChI=1S/C9H10BrNO2/c1-13-9(12)8(11)6-2-4-7(10)5-3-6/h2-5,8H,11H2,1H3/t8-/m0/s1. The Labute approximate surface area is 85.0 Å². The maximum atomic E-state index is 11.0. The van der Waals surface area contributed by atoms with E-state index in [1.165, 1.54) is 7.11 Å². The van der Waals surface area contributed by atoms with Gasteiger partial charge in [-0.1, -0.05) is 28.1 Å². The summed E-state index contributed by atoms with van der Waals surface area (Å²) in [6.45, 7) is 0. The van der Waals surface area contributed by atoms with Gasteiger partial charge in [-0.05, 0) is 17.7 Å². The van der Waals surface area contributed by atoms with Gasteiger partial charge in [0.05, 0.1) is 7.11 Å². The first-order valence-electron chi connectivity index (χ1n) is 3.74. The number of hydrogen-bond acceptors (Lipinski definition) is 3. The second-order valence-electron chi connectivity index (χ2n) is 2.55. The summed E-state index contributed by atoms with van der Waals surface area (Å²) in [5.74, 6) is -0.428. The van der Waals surface area contributed by atoms with E-state index in [1.54, 1.807) is 12.1 Å². The molecule has 1 atom stereocenters. The molecule has 0 aliphatic heterocycles. The fourth-order valence-electron chi connectivity index (χ4n) is 0.933. The first kappa shape index (κ1) is 10.2. The van der Waals surface area contributed by atoms with Gasteiger partial charge < -0.3 is 10.5 Å². The zero-order chi connectivity index (χ0) is 9.84. The Kier molecular flexibility index (Phi) is 3.45. The van der Waals surface area contributed by atoms with Gasteiger partial charge in [-0.2, -0.15) is 0 Å². The smallest absolute Gasteiger partial charge is 0.327 e. The maximum Gasteiger partial charge on any atom is 0.327 e. The van der Waals surface area contributed by atoms with E-state index in [9.17, 15) is 4.79 Å². The minimum absolute atomic E-state index is 0.428. The van der Waals surface area contributed by atoms with Crippen LogP contribution >= 0.6 is 15.9 Å². The van der Waals surface area contributed by atoms with Crippen molar-refractivity contribution in [3.05, 3.63) is 34.3 Å². The highest BCUT2D eigenvalue weighted by molar-refractivity contribution is 9.10. The summed E-state index contributed by atoms with van der Waals surface area (Å²) < 4.78 is 5.47. The van der Waals surface area contributed by atoms with Gasteiger partial charge in [0, 0.05) is 4.47 Å². The van der Waals surface area contributed by atoms with Crippen molar-refractivity contribution in [2.24, 2.45) is 5.73 Å². The van der Waals surface area contributed by atoms with Crippen LogP contribution in [0.2, 0.25) is 0 Å². The number of rotatable bonds is 2. The number of methoxy groups -OCH3 is 1. The highest BCUT2D eigenvalue weighted by Crippen LogP contribution is 2.15. The lowest BCUT2D eigenvalue weighted by molar-refractivity contribution is -0.142. The molecule has 0 amide bonds. The minimum Gasteiger partial charge on any atom is -0.468 e. The van der Waals surface area contributed by atoms with Gasteiger partial charge in [0.2, 0.25) is 0 Å². The molecule has 70 valence electrons. The fourth-order valence-corrected chi connectivity index (χ4v) is 1.20. The molecule has 0 aromatic heterocycles. The topological polar surface area (TPSA) is 52.3 Å². The van der Waals surface area contributed by atoms with Crippen molar-refractivity contribution in [1.82, 2.24) is 0 Å². The third-order valence-corrected chi connectivity index (χ3v) is 2.21. The number of esters is 1. The third kappa shape index (κ3) is 2.54. The Balaban J connectivity index is 2.83. The molecule has 0 bridgehead atoms. The summed E-state index contributed by atoms with van der Waals surface area (Å²) in [6.07, 6.45) is 0. The van der Waals surface area contributed by atoms with Crippen LogP contribution in [-0.4, -0.2) is 13.1 Å². The largest absolute Gasteiger partial charge is 0.468 e. The van der Waals surface area contributed by atoms with Gasteiger partial charge >= 0.3 is 5.97 Å². The lowest BCUT2D eigenvalue weighted by Gasteiger charge is -2.08. The molecular formula is C9H10BrNO2. The van der Waals surface area contributed by atoms with E-state index in [1.807, 2.05) is 12.1 Å². The molecule has 1 rings (SSSR count). The van der Waals surface area contributed by atoms with Crippen LogP contribution in [-0.2, 0) is 9.53 Å². The number of benzene rings is 1. The molecule has 0 saturated heterocycles. The molecule has 13 heavy (non-hydrogen) atoms. The fraction of sp³-hybridized carbons (Fsp3) is 0.222. The zero-order valence-electron chi connectivity index (χ0n) is 7.16. The molecule has 0 spiro atoms. The molecule has 0 aliphatic rings. The zero-order valence-corrected chi connectivity index (χ0v) is 8.74. The Hall–Kier alpha value is -0.870. The predicted molar refractivity (Wildman–Crippen MR) is 53.1 cm³/mol. The molecule has 0 unspecified atom stereocenters. The van der Waals surface area contributed by atoms with Crippen molar-refractivity contribution in [2.45, 2.75) is 6.04 Å². The number of ether oxygens (including phenoxy) is 1. The van der Waals surface area contributed by atoms with Crippen LogP contribution in [0, 0.1) is 0 Å². The van der Waals surface area contributed by atoms with Crippen LogP contribution in [0.25, 0.3) is 0 Å². The number of carbonyl (C=O) groups excluding carboxylic acids is 1. The van der Waals surface area contributed by atoms with Gasteiger partial charge in [-0.3, -0.25) is 4.79 Å². The van der Waals surface area contributed by atoms with Gasteiger partial charge in [0.25, 0.3) is 0 Å². The van der Waals surface area contributed by atoms with E-state index in [-0.39, 0.29) is 0 Å². The molecule has 0 radical (unpaired) electrons. The Bertz CT molecular complexity index is 297. The third-order valence-electron chi connectivity index (χ3n) is 1.68. The van der Waals surface area contributed by atoms with Crippen LogP contribution in [0.1, 0.15) is 11.6 Å². The Morgan fingerprint density at radius 3 is 2.46 bits per heavy atom. The highest BCUT2D eigenvalue weighted by Gasteiger charge is 2.15. The number of halogens is 1. The molecule has 1 aromatic carbocycles. The van der Waals surface area contributed by atoms with Crippen LogP contribution in [0.4, 0.5) is 0 Å². The number of carbonyl (C=O) groups is 1. The van der Waals surface area contributed by atoms with Gasteiger partial charge in [-0.25, -0.2) is 0 Å². The summed E-state index contributed by atoms with van der Waals surface area (Å²) in [5.41, 5.74) is 6.35. The Morgan fingerprint density at radius 2 is 2.00 bits per heavy atom. The normalized spacial score (nSPS) is 12.2. The first-order chi connectivity index (χ1) is 6.15. The second kappa shape index (κ2) is 4.39. The quantitative estimate of drug-likeness (QED) is 0.804. The van der Waals surface area contributed by atoms with E-state index in [2.05, 4.69) is 20.7 Å². The van der Waals surface area contributed by atoms with Crippen LogP contribution in [0.15, 0.2) is 28.7 Å². The molecule has 2 N–H and O–H groups in total. The first-order valence-corrected chi connectivity index (χ1v) is 4.53. The molecule has 0 heterocycles.